The summed E-state index contributed by atoms with van der Waals surface area (Å²) in [4.78, 5) is 28.6. The molecule has 0 spiro atoms. The Balaban J connectivity index is 2.07. The van der Waals surface area contributed by atoms with Gasteiger partial charge in [0.1, 0.15) is 17.6 Å². The standard InChI is InChI=1S/C14H22N4O2S/c1-15-13(19)10(6-8-21-2)17-14(20)11-9-16-12-5-3-4-7-18(11)12/h9-10H,3-8H2,1-2H3,(H,15,19)(H,17,20)/t10-/m0/s1. The fourth-order valence-electron chi connectivity index (χ4n) is 2.51. The average molecular weight is 310 g/mol. The Hall–Kier alpha value is -1.50. The molecule has 0 unspecified atom stereocenters. The summed E-state index contributed by atoms with van der Waals surface area (Å²) in [7, 11) is 1.58. The van der Waals surface area contributed by atoms with E-state index in [1.807, 2.05) is 10.8 Å². The summed E-state index contributed by atoms with van der Waals surface area (Å²) < 4.78 is 1.97. The predicted octanol–water partition coefficient (Wildman–Crippen LogP) is 0.817. The van der Waals surface area contributed by atoms with E-state index in [2.05, 4.69) is 15.6 Å². The molecule has 0 radical (unpaired) electrons. The quantitative estimate of drug-likeness (QED) is 0.815. The second kappa shape index (κ2) is 7.49. The van der Waals surface area contributed by atoms with Gasteiger partial charge in [-0.3, -0.25) is 9.59 Å². The molecule has 0 saturated carbocycles. The molecule has 2 rings (SSSR count). The Morgan fingerprint density at radius 1 is 1.48 bits per heavy atom. The van der Waals surface area contributed by atoms with Crippen molar-refractivity contribution >= 4 is 23.6 Å². The van der Waals surface area contributed by atoms with Gasteiger partial charge in [-0.05, 0) is 31.3 Å². The third kappa shape index (κ3) is 3.78. The van der Waals surface area contributed by atoms with Crippen molar-refractivity contribution < 1.29 is 9.59 Å². The highest BCUT2D eigenvalue weighted by molar-refractivity contribution is 7.98. The number of hydrogen-bond acceptors (Lipinski definition) is 4. The fourth-order valence-corrected chi connectivity index (χ4v) is 2.98. The summed E-state index contributed by atoms with van der Waals surface area (Å²) >= 11 is 1.66. The summed E-state index contributed by atoms with van der Waals surface area (Å²) in [5, 5.41) is 5.43. The van der Waals surface area contributed by atoms with Gasteiger partial charge < -0.3 is 15.2 Å². The van der Waals surface area contributed by atoms with Crippen LogP contribution in [-0.2, 0) is 17.8 Å². The lowest BCUT2D eigenvalue weighted by atomic mass is 10.1. The smallest absolute Gasteiger partial charge is 0.270 e. The van der Waals surface area contributed by atoms with Crippen LogP contribution in [0.1, 0.15) is 35.6 Å². The van der Waals surface area contributed by atoms with Crippen LogP contribution in [-0.4, -0.2) is 46.5 Å². The van der Waals surface area contributed by atoms with E-state index in [-0.39, 0.29) is 11.8 Å². The van der Waals surface area contributed by atoms with E-state index in [4.69, 9.17) is 0 Å². The number of likely N-dealkylation sites (N-methyl/N-ethyl adjacent to an activating group) is 1. The molecule has 1 atom stereocenters. The minimum Gasteiger partial charge on any atom is -0.357 e. The number of nitrogens with one attached hydrogen (secondary N) is 2. The van der Waals surface area contributed by atoms with Crippen LogP contribution in [0.25, 0.3) is 0 Å². The molecule has 2 heterocycles. The summed E-state index contributed by atoms with van der Waals surface area (Å²) in [5.74, 6) is 1.41. The Bertz CT molecular complexity index is 515. The van der Waals surface area contributed by atoms with Crippen molar-refractivity contribution in [3.63, 3.8) is 0 Å². The van der Waals surface area contributed by atoms with E-state index in [9.17, 15) is 9.59 Å². The van der Waals surface area contributed by atoms with Crippen molar-refractivity contribution in [2.75, 3.05) is 19.1 Å². The number of thioether (sulfide) groups is 1. The number of nitrogens with zero attached hydrogens (tertiary/aromatic N) is 2. The molecule has 2 N–H and O–H groups in total. The van der Waals surface area contributed by atoms with Gasteiger partial charge >= 0.3 is 0 Å². The van der Waals surface area contributed by atoms with Gasteiger partial charge in [-0.1, -0.05) is 0 Å². The zero-order valence-electron chi connectivity index (χ0n) is 12.5. The maximum absolute atomic E-state index is 12.4. The van der Waals surface area contributed by atoms with Crippen molar-refractivity contribution in [1.82, 2.24) is 20.2 Å². The van der Waals surface area contributed by atoms with E-state index >= 15 is 0 Å². The van der Waals surface area contributed by atoms with Crippen LogP contribution < -0.4 is 10.6 Å². The second-order valence-electron chi connectivity index (χ2n) is 5.09. The normalized spacial score (nSPS) is 15.1. The molecule has 1 aromatic heterocycles. The lowest BCUT2D eigenvalue weighted by molar-refractivity contribution is -0.122. The number of amides is 2. The van der Waals surface area contributed by atoms with E-state index < -0.39 is 6.04 Å². The molecule has 7 heteroatoms. The van der Waals surface area contributed by atoms with Crippen molar-refractivity contribution in [2.24, 2.45) is 0 Å². The average Bonchev–Trinajstić information content (AvgIpc) is 2.94. The summed E-state index contributed by atoms with van der Waals surface area (Å²) in [5.41, 5.74) is 0.558. The molecule has 21 heavy (non-hydrogen) atoms. The van der Waals surface area contributed by atoms with Crippen LogP contribution in [0.5, 0.6) is 0 Å². The minimum absolute atomic E-state index is 0.157. The Labute approximate surface area is 129 Å². The Morgan fingerprint density at radius 3 is 3.00 bits per heavy atom. The highest BCUT2D eigenvalue weighted by atomic mass is 32.2. The van der Waals surface area contributed by atoms with Gasteiger partial charge in [0.25, 0.3) is 5.91 Å². The van der Waals surface area contributed by atoms with Gasteiger partial charge in [0.15, 0.2) is 0 Å². The monoisotopic (exact) mass is 310 g/mol. The predicted molar refractivity (Wildman–Crippen MR) is 83.5 cm³/mol. The van der Waals surface area contributed by atoms with Crippen LogP contribution in [0, 0.1) is 0 Å². The summed E-state index contributed by atoms with van der Waals surface area (Å²) in [6.45, 7) is 0.827. The lowest BCUT2D eigenvalue weighted by Crippen LogP contribution is -2.46. The number of carbonyl (C=O) groups excluding carboxylic acids is 2. The van der Waals surface area contributed by atoms with Crippen molar-refractivity contribution in [2.45, 2.75) is 38.3 Å². The summed E-state index contributed by atoms with van der Waals surface area (Å²) in [6.07, 6.45) is 7.31. The maximum atomic E-state index is 12.4. The fraction of sp³-hybridized carbons (Fsp3) is 0.643. The second-order valence-corrected chi connectivity index (χ2v) is 6.08. The number of imidazole rings is 1. The van der Waals surface area contributed by atoms with E-state index in [1.165, 1.54) is 0 Å². The third-order valence-corrected chi connectivity index (χ3v) is 4.33. The lowest BCUT2D eigenvalue weighted by Gasteiger charge is -2.19. The SMILES string of the molecule is CNC(=O)[C@H](CCSC)NC(=O)c1cnc2n1CCCC2. The molecule has 0 aliphatic carbocycles. The molecule has 0 saturated heterocycles. The van der Waals surface area contributed by atoms with Crippen LogP contribution in [0.4, 0.5) is 0 Å². The summed E-state index contributed by atoms with van der Waals surface area (Å²) in [6, 6.07) is -0.496. The first-order chi connectivity index (χ1) is 10.2. The first-order valence-corrected chi connectivity index (χ1v) is 8.62. The molecular weight excluding hydrogens is 288 g/mol. The van der Waals surface area contributed by atoms with Gasteiger partial charge in [-0.2, -0.15) is 11.8 Å². The van der Waals surface area contributed by atoms with E-state index in [0.717, 1.165) is 37.4 Å². The molecule has 6 nitrogen and oxygen atoms in total. The van der Waals surface area contributed by atoms with Crippen molar-refractivity contribution in [3.8, 4) is 0 Å². The molecule has 1 aliphatic heterocycles. The number of aromatic nitrogens is 2. The van der Waals surface area contributed by atoms with Gasteiger partial charge in [0.2, 0.25) is 5.91 Å². The molecule has 1 aliphatic rings. The van der Waals surface area contributed by atoms with Gasteiger partial charge in [-0.25, -0.2) is 4.98 Å². The first-order valence-electron chi connectivity index (χ1n) is 7.23. The van der Waals surface area contributed by atoms with Crippen LogP contribution in [0.2, 0.25) is 0 Å². The van der Waals surface area contributed by atoms with Gasteiger partial charge in [0.05, 0.1) is 6.20 Å². The van der Waals surface area contributed by atoms with Crippen molar-refractivity contribution in [1.29, 1.82) is 0 Å². The topological polar surface area (TPSA) is 76.0 Å². The number of rotatable bonds is 6. The Morgan fingerprint density at radius 2 is 2.29 bits per heavy atom. The zero-order valence-corrected chi connectivity index (χ0v) is 13.3. The van der Waals surface area contributed by atoms with E-state index in [0.29, 0.717) is 12.1 Å². The maximum Gasteiger partial charge on any atom is 0.270 e. The molecule has 2 amide bonds. The molecule has 0 bridgehead atoms. The van der Waals surface area contributed by atoms with E-state index in [1.54, 1.807) is 25.0 Å². The highest BCUT2D eigenvalue weighted by Gasteiger charge is 2.24. The zero-order chi connectivity index (χ0) is 15.2. The molecule has 0 aromatic carbocycles. The number of carbonyl (C=O) groups is 2. The molecular formula is C14H22N4O2S. The molecule has 116 valence electrons. The number of fused-ring (bicyclic) bond motifs is 1. The van der Waals surface area contributed by atoms with Crippen LogP contribution >= 0.6 is 11.8 Å². The van der Waals surface area contributed by atoms with Crippen LogP contribution in [0.3, 0.4) is 0 Å². The first kappa shape index (κ1) is 15.9. The van der Waals surface area contributed by atoms with Gasteiger partial charge in [-0.15, -0.1) is 0 Å². The third-order valence-electron chi connectivity index (χ3n) is 3.68. The number of aryl methyl sites for hydroxylation is 1. The van der Waals surface area contributed by atoms with Gasteiger partial charge in [0, 0.05) is 20.0 Å². The highest BCUT2D eigenvalue weighted by Crippen LogP contribution is 2.16. The Kier molecular flexibility index (Phi) is 5.67. The largest absolute Gasteiger partial charge is 0.357 e. The molecule has 0 fully saturated rings. The minimum atomic E-state index is -0.496. The molecule has 1 aromatic rings. The van der Waals surface area contributed by atoms with Crippen molar-refractivity contribution in [3.05, 3.63) is 17.7 Å². The number of hydrogen-bond donors (Lipinski definition) is 2. The van der Waals surface area contributed by atoms with Crippen LogP contribution in [0.15, 0.2) is 6.20 Å².